The molecule has 0 amide bonds. The first kappa shape index (κ1) is 15.6. The monoisotopic (exact) mass is 254 g/mol. The van der Waals surface area contributed by atoms with Gasteiger partial charge in [-0.05, 0) is 20.3 Å². The molecule has 1 saturated heterocycles. The minimum Gasteiger partial charge on any atom is -0.310 e. The van der Waals surface area contributed by atoms with Crippen molar-refractivity contribution >= 4 is 5.78 Å². The van der Waals surface area contributed by atoms with Crippen LogP contribution in [0.2, 0.25) is 0 Å². The highest BCUT2D eigenvalue weighted by Gasteiger charge is 2.34. The van der Waals surface area contributed by atoms with Crippen molar-refractivity contribution in [2.45, 2.75) is 78.6 Å². The molecule has 1 rings (SSSR count). The van der Waals surface area contributed by atoms with E-state index in [1.165, 1.54) is 0 Å². The number of carbonyl (C=O) groups is 1. The Morgan fingerprint density at radius 1 is 1.22 bits per heavy atom. The largest absolute Gasteiger partial charge is 0.310 e. The van der Waals surface area contributed by atoms with Crippen LogP contribution in [0.5, 0.6) is 0 Å². The van der Waals surface area contributed by atoms with Gasteiger partial charge in [-0.2, -0.15) is 0 Å². The van der Waals surface area contributed by atoms with Gasteiger partial charge in [-0.1, -0.05) is 27.7 Å². The zero-order valence-corrected chi connectivity index (χ0v) is 12.9. The molecule has 106 valence electrons. The Balaban J connectivity index is 2.61. The lowest BCUT2D eigenvalue weighted by Gasteiger charge is -2.28. The number of rotatable bonds is 6. The lowest BCUT2D eigenvalue weighted by Crippen LogP contribution is -2.40. The molecule has 1 fully saturated rings. The van der Waals surface area contributed by atoms with Crippen LogP contribution in [-0.2, 0) is 4.79 Å². The second-order valence-electron chi connectivity index (χ2n) is 6.52. The Morgan fingerprint density at radius 2 is 1.83 bits per heavy atom. The van der Waals surface area contributed by atoms with Gasteiger partial charge < -0.3 is 5.32 Å². The smallest absolute Gasteiger partial charge is 0.136 e. The molecule has 1 aliphatic heterocycles. The highest BCUT2D eigenvalue weighted by Crippen LogP contribution is 2.24. The number of hydrogen-bond donors (Lipinski definition) is 1. The van der Waals surface area contributed by atoms with Crippen LogP contribution in [0.1, 0.15) is 54.4 Å². The molecule has 0 bridgehead atoms. The van der Waals surface area contributed by atoms with Crippen LogP contribution in [0.25, 0.3) is 0 Å². The second kappa shape index (κ2) is 6.67. The number of nitrogens with one attached hydrogen (secondary N) is 1. The molecule has 0 spiro atoms. The van der Waals surface area contributed by atoms with E-state index in [2.05, 4.69) is 37.9 Å². The Kier molecular flexibility index (Phi) is 5.80. The summed E-state index contributed by atoms with van der Waals surface area (Å²) in [5.74, 6) is 0.562. The van der Waals surface area contributed by atoms with E-state index >= 15 is 0 Å². The van der Waals surface area contributed by atoms with E-state index in [1.807, 2.05) is 13.8 Å². The van der Waals surface area contributed by atoms with Crippen molar-refractivity contribution in [3.8, 4) is 0 Å². The van der Waals surface area contributed by atoms with Gasteiger partial charge in [-0.3, -0.25) is 9.69 Å². The van der Waals surface area contributed by atoms with Crippen LogP contribution in [-0.4, -0.2) is 41.4 Å². The minimum absolute atomic E-state index is 0.163. The van der Waals surface area contributed by atoms with Crippen LogP contribution >= 0.6 is 0 Å². The number of nitrogens with zero attached hydrogens (tertiary/aromatic N) is 1. The molecule has 0 saturated carbocycles. The summed E-state index contributed by atoms with van der Waals surface area (Å²) in [7, 11) is 0. The molecule has 1 heterocycles. The normalized spacial score (nSPS) is 25.6. The summed E-state index contributed by atoms with van der Waals surface area (Å²) in [5.41, 5.74) is 0. The van der Waals surface area contributed by atoms with E-state index in [4.69, 9.17) is 0 Å². The van der Waals surface area contributed by atoms with Gasteiger partial charge in [0.15, 0.2) is 0 Å². The Hall–Kier alpha value is -0.410. The lowest BCUT2D eigenvalue weighted by molar-refractivity contribution is -0.123. The first-order chi connectivity index (χ1) is 8.31. The van der Waals surface area contributed by atoms with Crippen molar-refractivity contribution in [1.82, 2.24) is 10.2 Å². The molecule has 0 aromatic rings. The molecule has 0 radical (unpaired) electrons. The van der Waals surface area contributed by atoms with Gasteiger partial charge in [-0.25, -0.2) is 0 Å². The first-order valence-electron chi connectivity index (χ1n) is 7.35. The van der Waals surface area contributed by atoms with E-state index < -0.39 is 0 Å². The third-order valence-electron chi connectivity index (χ3n) is 3.77. The maximum absolute atomic E-state index is 11.9. The fraction of sp³-hybridized carbons (Fsp3) is 0.933. The third-order valence-corrected chi connectivity index (χ3v) is 3.77. The van der Waals surface area contributed by atoms with E-state index in [0.717, 1.165) is 13.0 Å². The summed E-state index contributed by atoms with van der Waals surface area (Å²) in [6, 6.07) is 2.01. The summed E-state index contributed by atoms with van der Waals surface area (Å²) >= 11 is 0. The molecule has 0 aromatic heterocycles. The lowest BCUT2D eigenvalue weighted by atomic mass is 9.99. The molecule has 3 heteroatoms. The van der Waals surface area contributed by atoms with Gasteiger partial charge in [0.25, 0.3) is 0 Å². The van der Waals surface area contributed by atoms with Crippen LogP contribution in [0.4, 0.5) is 0 Å². The van der Waals surface area contributed by atoms with Gasteiger partial charge in [0.05, 0.1) is 0 Å². The molecular formula is C15H30N2O. The summed E-state index contributed by atoms with van der Waals surface area (Å²) in [5, 5.41) is 3.61. The first-order valence-corrected chi connectivity index (χ1v) is 7.35. The zero-order chi connectivity index (χ0) is 13.9. The van der Waals surface area contributed by atoms with E-state index in [9.17, 15) is 4.79 Å². The molecule has 0 aliphatic carbocycles. The van der Waals surface area contributed by atoms with Crippen molar-refractivity contribution in [3.63, 3.8) is 0 Å². The van der Waals surface area contributed by atoms with Gasteiger partial charge in [-0.15, -0.1) is 0 Å². The average Bonchev–Trinajstić information content (AvgIpc) is 2.59. The predicted octanol–water partition coefficient (Wildman–Crippen LogP) is 2.45. The van der Waals surface area contributed by atoms with Crippen LogP contribution in [0, 0.1) is 5.92 Å². The molecule has 18 heavy (non-hydrogen) atoms. The average molecular weight is 254 g/mol. The quantitative estimate of drug-likeness (QED) is 0.790. The molecule has 0 aromatic carbocycles. The van der Waals surface area contributed by atoms with E-state index in [0.29, 0.717) is 36.4 Å². The highest BCUT2D eigenvalue weighted by atomic mass is 16.1. The van der Waals surface area contributed by atoms with Crippen molar-refractivity contribution in [1.29, 1.82) is 0 Å². The molecular weight excluding hydrogens is 224 g/mol. The third kappa shape index (κ3) is 4.36. The fourth-order valence-electron chi connectivity index (χ4n) is 2.84. The molecule has 2 atom stereocenters. The predicted molar refractivity (Wildman–Crippen MR) is 76.8 cm³/mol. The van der Waals surface area contributed by atoms with Crippen molar-refractivity contribution in [2.75, 3.05) is 6.54 Å². The van der Waals surface area contributed by atoms with Crippen molar-refractivity contribution in [2.24, 2.45) is 5.92 Å². The SMILES string of the molecule is CC(C)N[C@@H]1C[C@@H](CC(=O)C(C)C)N(C(C)C)C1. The molecule has 3 nitrogen and oxygen atoms in total. The maximum Gasteiger partial charge on any atom is 0.136 e. The van der Waals surface area contributed by atoms with E-state index in [1.54, 1.807) is 0 Å². The topological polar surface area (TPSA) is 32.3 Å². The minimum atomic E-state index is 0.163. The zero-order valence-electron chi connectivity index (χ0n) is 12.9. The van der Waals surface area contributed by atoms with Gasteiger partial charge >= 0.3 is 0 Å². The number of likely N-dealkylation sites (tertiary alicyclic amines) is 1. The summed E-state index contributed by atoms with van der Waals surface area (Å²) in [4.78, 5) is 14.4. The van der Waals surface area contributed by atoms with Crippen molar-refractivity contribution < 1.29 is 4.79 Å². The second-order valence-corrected chi connectivity index (χ2v) is 6.52. The number of Topliss-reactive ketones (excluding diaryl/α,β-unsaturated/α-hetero) is 1. The Morgan fingerprint density at radius 3 is 2.28 bits per heavy atom. The van der Waals surface area contributed by atoms with E-state index in [-0.39, 0.29) is 5.92 Å². The number of hydrogen-bond acceptors (Lipinski definition) is 3. The summed E-state index contributed by atoms with van der Waals surface area (Å²) < 4.78 is 0. The van der Waals surface area contributed by atoms with Gasteiger partial charge in [0.1, 0.15) is 5.78 Å². The van der Waals surface area contributed by atoms with Crippen LogP contribution < -0.4 is 5.32 Å². The Bertz CT molecular complexity index is 274. The number of ketones is 1. The van der Waals surface area contributed by atoms with Crippen molar-refractivity contribution in [3.05, 3.63) is 0 Å². The summed E-state index contributed by atoms with van der Waals surface area (Å²) in [6.45, 7) is 13.9. The highest BCUT2D eigenvalue weighted by molar-refractivity contribution is 5.80. The van der Waals surface area contributed by atoms with Crippen LogP contribution in [0.15, 0.2) is 0 Å². The molecule has 0 unspecified atom stereocenters. The molecule has 1 N–H and O–H groups in total. The summed E-state index contributed by atoms with van der Waals surface area (Å²) in [6.07, 6.45) is 1.82. The number of carbonyl (C=O) groups excluding carboxylic acids is 1. The molecule has 1 aliphatic rings. The maximum atomic E-state index is 11.9. The van der Waals surface area contributed by atoms with Crippen LogP contribution in [0.3, 0.4) is 0 Å². The van der Waals surface area contributed by atoms with Gasteiger partial charge in [0.2, 0.25) is 0 Å². The Labute approximate surface area is 112 Å². The standard InChI is InChI=1S/C15H30N2O/c1-10(2)15(18)8-14-7-13(16-11(3)4)9-17(14)12(5)6/h10-14,16H,7-9H2,1-6H3/t13-,14+/m1/s1. The fourth-order valence-corrected chi connectivity index (χ4v) is 2.84. The van der Waals surface area contributed by atoms with Gasteiger partial charge in [0, 0.05) is 43.1 Å².